The van der Waals surface area contributed by atoms with Crippen molar-refractivity contribution in [3.05, 3.63) is 0 Å². The molecule has 2 N–H and O–H groups in total. The summed E-state index contributed by atoms with van der Waals surface area (Å²) in [5, 5.41) is 0. The second kappa shape index (κ2) is 4.83. The van der Waals surface area contributed by atoms with Crippen LogP contribution in [-0.2, 0) is 0 Å². The highest BCUT2D eigenvalue weighted by Gasteiger charge is 2.21. The van der Waals surface area contributed by atoms with E-state index in [4.69, 9.17) is 5.73 Å². The van der Waals surface area contributed by atoms with Gasteiger partial charge in [0.15, 0.2) is 0 Å². The second-order valence-electron chi connectivity index (χ2n) is 4.16. The summed E-state index contributed by atoms with van der Waals surface area (Å²) in [6.45, 7) is 9.16. The largest absolute Gasteiger partial charge is 0.330 e. The van der Waals surface area contributed by atoms with Crippen molar-refractivity contribution in [3.8, 4) is 0 Å². The van der Waals surface area contributed by atoms with E-state index in [0.717, 1.165) is 12.5 Å². The average molecular weight is 170 g/mol. The molecule has 0 aromatic carbocycles. The van der Waals surface area contributed by atoms with Gasteiger partial charge < -0.3 is 10.6 Å². The van der Waals surface area contributed by atoms with Crippen LogP contribution in [0.4, 0.5) is 0 Å². The molecule has 12 heavy (non-hydrogen) atoms. The van der Waals surface area contributed by atoms with Gasteiger partial charge in [0.05, 0.1) is 0 Å². The van der Waals surface area contributed by atoms with Crippen molar-refractivity contribution in [2.45, 2.75) is 26.7 Å². The molecule has 2 atom stereocenters. The molecule has 2 nitrogen and oxygen atoms in total. The molecule has 0 saturated carbocycles. The minimum Gasteiger partial charge on any atom is -0.330 e. The lowest BCUT2D eigenvalue weighted by Gasteiger charge is -2.19. The Labute approximate surface area is 76.1 Å². The predicted octanol–water partition coefficient (Wildman–Crippen LogP) is 1.31. The minimum absolute atomic E-state index is 0.667. The number of nitrogens with zero attached hydrogens (tertiary/aromatic N) is 1. The van der Waals surface area contributed by atoms with Gasteiger partial charge in [0.2, 0.25) is 0 Å². The van der Waals surface area contributed by atoms with E-state index in [1.54, 1.807) is 0 Å². The molecule has 0 spiro atoms. The Morgan fingerprint density at radius 3 is 2.83 bits per heavy atom. The van der Waals surface area contributed by atoms with E-state index in [1.807, 2.05) is 0 Å². The molecule has 1 rings (SSSR count). The Hall–Kier alpha value is -0.0800. The normalized spacial score (nSPS) is 27.8. The molecule has 0 bridgehead atoms. The predicted molar refractivity (Wildman–Crippen MR) is 53.1 cm³/mol. The van der Waals surface area contributed by atoms with Crippen LogP contribution >= 0.6 is 0 Å². The van der Waals surface area contributed by atoms with Crippen LogP contribution in [0.15, 0.2) is 0 Å². The Kier molecular flexibility index (Phi) is 4.02. The third kappa shape index (κ3) is 2.76. The maximum Gasteiger partial charge on any atom is 0.00192 e. The number of hydrogen-bond acceptors (Lipinski definition) is 2. The molecule has 0 aliphatic carbocycles. The summed E-state index contributed by atoms with van der Waals surface area (Å²) in [5.41, 5.74) is 5.59. The van der Waals surface area contributed by atoms with Crippen LogP contribution in [0.1, 0.15) is 26.7 Å². The van der Waals surface area contributed by atoms with Gasteiger partial charge in [-0.3, -0.25) is 0 Å². The van der Waals surface area contributed by atoms with E-state index in [-0.39, 0.29) is 0 Å². The maximum absolute atomic E-state index is 5.59. The average Bonchev–Trinajstić information content (AvgIpc) is 2.52. The summed E-state index contributed by atoms with van der Waals surface area (Å²) in [6.07, 6.45) is 2.74. The van der Waals surface area contributed by atoms with Gasteiger partial charge in [-0.15, -0.1) is 0 Å². The van der Waals surface area contributed by atoms with E-state index in [0.29, 0.717) is 5.92 Å². The van der Waals surface area contributed by atoms with Gasteiger partial charge in [0, 0.05) is 13.1 Å². The summed E-state index contributed by atoms with van der Waals surface area (Å²) in [4.78, 5) is 2.56. The van der Waals surface area contributed by atoms with Crippen molar-refractivity contribution in [1.29, 1.82) is 0 Å². The van der Waals surface area contributed by atoms with Gasteiger partial charge in [-0.25, -0.2) is 0 Å². The Bertz CT molecular complexity index is 125. The molecule has 0 aromatic heterocycles. The second-order valence-corrected chi connectivity index (χ2v) is 4.16. The first-order valence-electron chi connectivity index (χ1n) is 5.18. The van der Waals surface area contributed by atoms with E-state index in [2.05, 4.69) is 18.7 Å². The third-order valence-electron chi connectivity index (χ3n) is 2.92. The molecule has 1 saturated heterocycles. The molecule has 0 unspecified atom stereocenters. The molecule has 0 radical (unpaired) electrons. The first-order valence-corrected chi connectivity index (χ1v) is 5.18. The van der Waals surface area contributed by atoms with E-state index in [9.17, 15) is 0 Å². The van der Waals surface area contributed by atoms with Crippen LogP contribution in [0.2, 0.25) is 0 Å². The zero-order valence-corrected chi connectivity index (χ0v) is 8.42. The van der Waals surface area contributed by atoms with Crippen LogP contribution < -0.4 is 5.73 Å². The molecule has 2 heteroatoms. The fraction of sp³-hybridized carbons (Fsp3) is 1.00. The van der Waals surface area contributed by atoms with Crippen molar-refractivity contribution in [2.24, 2.45) is 17.6 Å². The van der Waals surface area contributed by atoms with Crippen molar-refractivity contribution in [3.63, 3.8) is 0 Å². The Morgan fingerprint density at radius 1 is 1.58 bits per heavy atom. The van der Waals surface area contributed by atoms with Gasteiger partial charge in [-0.1, -0.05) is 20.3 Å². The third-order valence-corrected chi connectivity index (χ3v) is 2.92. The van der Waals surface area contributed by atoms with E-state index in [1.165, 1.54) is 32.5 Å². The lowest BCUT2D eigenvalue weighted by Crippen LogP contribution is -2.29. The maximum atomic E-state index is 5.59. The zero-order valence-electron chi connectivity index (χ0n) is 8.42. The monoisotopic (exact) mass is 170 g/mol. The topological polar surface area (TPSA) is 29.3 Å². The molecule has 72 valence electrons. The van der Waals surface area contributed by atoms with Crippen molar-refractivity contribution in [1.82, 2.24) is 4.90 Å². The standard InChI is InChI=1S/C10H22N2/c1-3-10-4-5-12(8-10)7-9(2)6-11/h9-10H,3-8,11H2,1-2H3/t9-,10+/m1/s1. The molecule has 0 aromatic rings. The molecule has 1 heterocycles. The summed E-state index contributed by atoms with van der Waals surface area (Å²) in [6, 6.07) is 0. The highest BCUT2D eigenvalue weighted by molar-refractivity contribution is 4.75. The first-order chi connectivity index (χ1) is 5.76. The summed E-state index contributed by atoms with van der Waals surface area (Å²) < 4.78 is 0. The number of hydrogen-bond donors (Lipinski definition) is 1. The highest BCUT2D eigenvalue weighted by Crippen LogP contribution is 2.19. The van der Waals surface area contributed by atoms with Crippen molar-refractivity contribution in [2.75, 3.05) is 26.2 Å². The fourth-order valence-corrected chi connectivity index (χ4v) is 1.93. The Morgan fingerprint density at radius 2 is 2.33 bits per heavy atom. The number of rotatable bonds is 4. The smallest absolute Gasteiger partial charge is 0.00192 e. The quantitative estimate of drug-likeness (QED) is 0.689. The minimum atomic E-state index is 0.667. The lowest BCUT2D eigenvalue weighted by molar-refractivity contribution is 0.280. The zero-order chi connectivity index (χ0) is 8.97. The van der Waals surface area contributed by atoms with Gasteiger partial charge in [-0.05, 0) is 31.3 Å². The van der Waals surface area contributed by atoms with Gasteiger partial charge >= 0.3 is 0 Å². The first kappa shape index (κ1) is 10.0. The number of likely N-dealkylation sites (tertiary alicyclic amines) is 1. The molecule has 0 amide bonds. The fourth-order valence-electron chi connectivity index (χ4n) is 1.93. The Balaban J connectivity index is 2.18. The van der Waals surface area contributed by atoms with Gasteiger partial charge in [0.1, 0.15) is 0 Å². The van der Waals surface area contributed by atoms with Crippen molar-refractivity contribution < 1.29 is 0 Å². The lowest BCUT2D eigenvalue weighted by atomic mass is 10.1. The van der Waals surface area contributed by atoms with Crippen LogP contribution in [0.25, 0.3) is 0 Å². The molecule has 1 fully saturated rings. The van der Waals surface area contributed by atoms with E-state index >= 15 is 0 Å². The van der Waals surface area contributed by atoms with Crippen LogP contribution in [0, 0.1) is 11.8 Å². The van der Waals surface area contributed by atoms with Crippen molar-refractivity contribution >= 4 is 0 Å². The van der Waals surface area contributed by atoms with Crippen LogP contribution in [-0.4, -0.2) is 31.1 Å². The van der Waals surface area contributed by atoms with Crippen LogP contribution in [0.3, 0.4) is 0 Å². The summed E-state index contributed by atoms with van der Waals surface area (Å²) >= 11 is 0. The van der Waals surface area contributed by atoms with E-state index < -0.39 is 0 Å². The molecular weight excluding hydrogens is 148 g/mol. The SMILES string of the molecule is CC[C@H]1CCN(C[C@H](C)CN)C1. The summed E-state index contributed by atoms with van der Waals surface area (Å²) in [5.74, 6) is 1.62. The van der Waals surface area contributed by atoms with Crippen LogP contribution in [0.5, 0.6) is 0 Å². The van der Waals surface area contributed by atoms with Gasteiger partial charge in [0.25, 0.3) is 0 Å². The number of nitrogens with two attached hydrogens (primary N) is 1. The summed E-state index contributed by atoms with van der Waals surface area (Å²) in [7, 11) is 0. The highest BCUT2D eigenvalue weighted by atomic mass is 15.1. The molecule has 1 aliphatic heterocycles. The molecule has 1 aliphatic rings. The molecular formula is C10H22N2. The van der Waals surface area contributed by atoms with Gasteiger partial charge in [-0.2, -0.15) is 0 Å².